The van der Waals surface area contributed by atoms with Crippen LogP contribution in [-0.2, 0) is 10.3 Å². The summed E-state index contributed by atoms with van der Waals surface area (Å²) >= 11 is 0. The van der Waals surface area contributed by atoms with Gasteiger partial charge in [0.05, 0.1) is 12.1 Å². The lowest BCUT2D eigenvalue weighted by molar-refractivity contribution is 0.0894. The summed E-state index contributed by atoms with van der Waals surface area (Å²) in [6.07, 6.45) is 0. The highest BCUT2D eigenvalue weighted by Gasteiger charge is 2.42. The van der Waals surface area contributed by atoms with E-state index in [2.05, 4.69) is 10.0 Å². The topological polar surface area (TPSA) is 78.2 Å². The molecule has 6 heteroatoms. The molecular weight excluding hydrogens is 193 g/mol. The second-order valence-corrected chi connectivity index (χ2v) is 3.68. The zero-order chi connectivity index (χ0) is 10.9. The average Bonchev–Trinajstić information content (AvgIpc) is 2.50. The van der Waals surface area contributed by atoms with Gasteiger partial charge in [-0.05, 0) is 23.5 Å². The molecule has 0 amide bonds. The van der Waals surface area contributed by atoms with Crippen LogP contribution in [0.2, 0.25) is 0 Å². The molecule has 0 fully saturated rings. The molecule has 5 nitrogen and oxygen atoms in total. The monoisotopic (exact) mass is 203 g/mol. The number of azide groups is 1. The maximum absolute atomic E-state index is 9.66. The zero-order valence-corrected chi connectivity index (χ0v) is 8.29. The Morgan fingerprint density at radius 2 is 2.33 bits per heavy atom. The Morgan fingerprint density at radius 1 is 1.60 bits per heavy atom. The van der Waals surface area contributed by atoms with Gasteiger partial charge in [0.2, 0.25) is 0 Å². The first-order valence-corrected chi connectivity index (χ1v) is 4.63. The van der Waals surface area contributed by atoms with Crippen molar-refractivity contribution >= 4 is 12.6 Å². The minimum Gasteiger partial charge on any atom is -0.423 e. The van der Waals surface area contributed by atoms with E-state index in [9.17, 15) is 5.02 Å². The lowest BCUT2D eigenvalue weighted by Crippen LogP contribution is -2.30. The molecule has 0 bridgehead atoms. The van der Waals surface area contributed by atoms with Crippen molar-refractivity contribution in [1.29, 1.82) is 0 Å². The minimum atomic E-state index is -0.930. The van der Waals surface area contributed by atoms with Gasteiger partial charge in [-0.15, -0.1) is 0 Å². The van der Waals surface area contributed by atoms with Crippen molar-refractivity contribution < 1.29 is 9.68 Å². The fraction of sp³-hybridized carbons (Fsp3) is 0.333. The molecule has 1 aromatic rings. The summed E-state index contributed by atoms with van der Waals surface area (Å²) in [6, 6.07) is 7.39. The van der Waals surface area contributed by atoms with Gasteiger partial charge < -0.3 is 9.68 Å². The SMILES string of the molecule is C[C@]1(CN=[N+]=[N-])OB(O)c2ccccc21. The maximum Gasteiger partial charge on any atom is 0.492 e. The Kier molecular flexibility index (Phi) is 2.40. The van der Waals surface area contributed by atoms with Crippen molar-refractivity contribution in [2.45, 2.75) is 12.5 Å². The van der Waals surface area contributed by atoms with Gasteiger partial charge in [0, 0.05) is 4.91 Å². The van der Waals surface area contributed by atoms with Crippen LogP contribution in [0.3, 0.4) is 0 Å². The first kappa shape index (κ1) is 10.0. The molecule has 0 radical (unpaired) electrons. The van der Waals surface area contributed by atoms with Crippen molar-refractivity contribution in [1.82, 2.24) is 0 Å². The Balaban J connectivity index is 2.42. The number of fused-ring (bicyclic) bond motifs is 1. The Labute approximate surface area is 87.5 Å². The first-order valence-electron chi connectivity index (χ1n) is 4.63. The van der Waals surface area contributed by atoms with Crippen molar-refractivity contribution in [3.8, 4) is 0 Å². The van der Waals surface area contributed by atoms with E-state index in [1.165, 1.54) is 0 Å². The van der Waals surface area contributed by atoms with E-state index in [0.717, 1.165) is 11.0 Å². The number of hydrogen-bond donors (Lipinski definition) is 1. The van der Waals surface area contributed by atoms with Crippen LogP contribution < -0.4 is 5.46 Å². The van der Waals surface area contributed by atoms with E-state index >= 15 is 0 Å². The highest BCUT2D eigenvalue weighted by atomic mass is 16.5. The van der Waals surface area contributed by atoms with Crippen LogP contribution >= 0.6 is 0 Å². The second-order valence-electron chi connectivity index (χ2n) is 3.68. The summed E-state index contributed by atoms with van der Waals surface area (Å²) in [4.78, 5) is 2.71. The average molecular weight is 203 g/mol. The van der Waals surface area contributed by atoms with Gasteiger partial charge in [0.15, 0.2) is 0 Å². The summed E-state index contributed by atoms with van der Waals surface area (Å²) in [5.74, 6) is 0. The molecule has 15 heavy (non-hydrogen) atoms. The number of benzene rings is 1. The molecule has 0 unspecified atom stereocenters. The third-order valence-electron chi connectivity index (χ3n) is 2.60. The molecule has 76 valence electrons. The largest absolute Gasteiger partial charge is 0.492 e. The van der Waals surface area contributed by atoms with Gasteiger partial charge in [0.25, 0.3) is 0 Å². The first-order chi connectivity index (χ1) is 7.17. The molecular formula is C9H10BN3O2. The van der Waals surface area contributed by atoms with Gasteiger partial charge in [-0.25, -0.2) is 0 Å². The van der Waals surface area contributed by atoms with Gasteiger partial charge in [-0.3, -0.25) is 0 Å². The summed E-state index contributed by atoms with van der Waals surface area (Å²) in [5.41, 5.74) is 9.20. The fourth-order valence-corrected chi connectivity index (χ4v) is 1.86. The normalized spacial score (nSPS) is 23.5. The zero-order valence-electron chi connectivity index (χ0n) is 8.29. The van der Waals surface area contributed by atoms with Crippen molar-refractivity contribution in [3.63, 3.8) is 0 Å². The molecule has 1 aliphatic rings. The van der Waals surface area contributed by atoms with E-state index in [-0.39, 0.29) is 6.54 Å². The standard InChI is InChI=1S/C9H10BN3O2/c1-9(6-12-13-11)7-4-2-3-5-8(7)10(14)15-9/h2-5,14H,6H2,1H3/t9-/m1/s1. The molecule has 1 aromatic carbocycles. The van der Waals surface area contributed by atoms with Gasteiger partial charge >= 0.3 is 7.12 Å². The molecule has 1 atom stereocenters. The highest BCUT2D eigenvalue weighted by Crippen LogP contribution is 2.30. The molecule has 1 N–H and O–H groups in total. The molecule has 0 aliphatic carbocycles. The number of rotatable bonds is 2. The van der Waals surface area contributed by atoms with Gasteiger partial charge in [0.1, 0.15) is 0 Å². The summed E-state index contributed by atoms with van der Waals surface area (Å²) in [7, 11) is -0.930. The fourth-order valence-electron chi connectivity index (χ4n) is 1.86. The molecule has 0 saturated carbocycles. The van der Waals surface area contributed by atoms with Crippen molar-refractivity contribution in [2.75, 3.05) is 6.54 Å². The van der Waals surface area contributed by atoms with E-state index in [0.29, 0.717) is 0 Å². The van der Waals surface area contributed by atoms with Crippen LogP contribution in [0, 0.1) is 0 Å². The van der Waals surface area contributed by atoms with Crippen LogP contribution in [0.5, 0.6) is 0 Å². The second kappa shape index (κ2) is 3.58. The third kappa shape index (κ3) is 1.59. The Bertz CT molecular complexity index is 433. The Hall–Kier alpha value is -1.49. The van der Waals surface area contributed by atoms with E-state index in [4.69, 9.17) is 10.2 Å². The third-order valence-corrected chi connectivity index (χ3v) is 2.60. The smallest absolute Gasteiger partial charge is 0.423 e. The summed E-state index contributed by atoms with van der Waals surface area (Å²) < 4.78 is 5.41. The molecule has 1 aliphatic heterocycles. The maximum atomic E-state index is 9.66. The van der Waals surface area contributed by atoms with Crippen molar-refractivity contribution in [2.24, 2.45) is 5.11 Å². The molecule has 0 aromatic heterocycles. The molecule has 1 heterocycles. The highest BCUT2D eigenvalue weighted by molar-refractivity contribution is 6.61. The quantitative estimate of drug-likeness (QED) is 0.335. The Morgan fingerprint density at radius 3 is 3.07 bits per heavy atom. The molecule has 2 rings (SSSR count). The van der Waals surface area contributed by atoms with Crippen LogP contribution in [-0.4, -0.2) is 18.7 Å². The molecule has 0 saturated heterocycles. The van der Waals surface area contributed by atoms with Gasteiger partial charge in [-0.2, -0.15) is 0 Å². The van der Waals surface area contributed by atoms with Crippen LogP contribution in [0.25, 0.3) is 10.4 Å². The van der Waals surface area contributed by atoms with E-state index in [1.54, 1.807) is 13.0 Å². The lowest BCUT2D eigenvalue weighted by Gasteiger charge is -2.23. The number of hydrogen-bond acceptors (Lipinski definition) is 3. The lowest BCUT2D eigenvalue weighted by atomic mass is 9.78. The van der Waals surface area contributed by atoms with Crippen molar-refractivity contribution in [3.05, 3.63) is 40.3 Å². The van der Waals surface area contributed by atoms with E-state index in [1.807, 2.05) is 18.2 Å². The number of nitrogens with zero attached hydrogens (tertiary/aromatic N) is 3. The predicted molar refractivity (Wildman–Crippen MR) is 56.5 cm³/mol. The summed E-state index contributed by atoms with van der Waals surface area (Å²) in [6.45, 7) is 1.98. The summed E-state index contributed by atoms with van der Waals surface area (Å²) in [5, 5.41) is 13.2. The molecule has 0 spiro atoms. The van der Waals surface area contributed by atoms with Gasteiger partial charge in [-0.1, -0.05) is 29.4 Å². The predicted octanol–water partition coefficient (Wildman–Crippen LogP) is 0.930. The minimum absolute atomic E-state index is 0.178. The van der Waals surface area contributed by atoms with Crippen LogP contribution in [0.1, 0.15) is 12.5 Å². The van der Waals surface area contributed by atoms with Crippen LogP contribution in [0.4, 0.5) is 0 Å². The van der Waals surface area contributed by atoms with Crippen LogP contribution in [0.15, 0.2) is 29.4 Å². The van der Waals surface area contributed by atoms with E-state index < -0.39 is 12.7 Å².